The van der Waals surface area contributed by atoms with Gasteiger partial charge < -0.3 is 19.1 Å². The molecule has 0 N–H and O–H groups in total. The van der Waals surface area contributed by atoms with Crippen LogP contribution in [0.4, 0.5) is 0 Å². The average Bonchev–Trinajstić information content (AvgIpc) is 3.03. The zero-order valence-corrected chi connectivity index (χ0v) is 17.3. The van der Waals surface area contributed by atoms with Gasteiger partial charge in [-0.25, -0.2) is 8.42 Å². The quantitative estimate of drug-likeness (QED) is 0.716. The van der Waals surface area contributed by atoms with Crippen LogP contribution in [0.5, 0.6) is 17.2 Å². The Hall–Kier alpha value is -2.78. The molecule has 9 heteroatoms. The van der Waals surface area contributed by atoms with Gasteiger partial charge in [-0.3, -0.25) is 4.79 Å². The second kappa shape index (κ2) is 8.93. The fourth-order valence-electron chi connectivity index (χ4n) is 3.38. The normalized spacial score (nSPS) is 17.3. The summed E-state index contributed by atoms with van der Waals surface area (Å²) in [5.41, 5.74) is 0. The Labute approximate surface area is 176 Å². The molecule has 2 heterocycles. The highest BCUT2D eigenvalue weighted by atomic mass is 32.2. The molecule has 0 atom stereocenters. The number of ether oxygens (including phenoxy) is 3. The van der Waals surface area contributed by atoms with Gasteiger partial charge in [0, 0.05) is 38.7 Å². The van der Waals surface area contributed by atoms with Gasteiger partial charge in [0.2, 0.25) is 10.0 Å². The van der Waals surface area contributed by atoms with Crippen LogP contribution in [0.3, 0.4) is 0 Å². The number of hydrogen-bond acceptors (Lipinski definition) is 6. The Morgan fingerprint density at radius 1 is 0.933 bits per heavy atom. The molecule has 2 aliphatic rings. The second-order valence-electron chi connectivity index (χ2n) is 7.05. The van der Waals surface area contributed by atoms with Crippen LogP contribution in [0.1, 0.15) is 6.42 Å². The van der Waals surface area contributed by atoms with Crippen molar-refractivity contribution in [2.75, 3.05) is 46.0 Å². The standard InChI is InChI=1S/C21H24N2O6S/c24-21(16-29-17-5-2-1-3-6-17)22-9-11-23(12-10-22)30(25,26)18-7-8-19-20(15-18)28-14-4-13-27-19/h1-3,5-8,15H,4,9-14,16H2. The third-order valence-electron chi connectivity index (χ3n) is 5.05. The Morgan fingerprint density at radius 2 is 1.63 bits per heavy atom. The van der Waals surface area contributed by atoms with Gasteiger partial charge >= 0.3 is 0 Å². The molecule has 0 saturated carbocycles. The molecule has 2 aromatic rings. The summed E-state index contributed by atoms with van der Waals surface area (Å²) >= 11 is 0. The van der Waals surface area contributed by atoms with E-state index >= 15 is 0 Å². The smallest absolute Gasteiger partial charge is 0.260 e. The molecule has 0 aliphatic carbocycles. The number of benzene rings is 2. The van der Waals surface area contributed by atoms with E-state index in [1.54, 1.807) is 23.1 Å². The summed E-state index contributed by atoms with van der Waals surface area (Å²) in [5, 5.41) is 0. The Kier molecular flexibility index (Phi) is 6.10. The lowest BCUT2D eigenvalue weighted by Gasteiger charge is -2.34. The molecule has 30 heavy (non-hydrogen) atoms. The summed E-state index contributed by atoms with van der Waals surface area (Å²) in [7, 11) is -3.68. The number of amides is 1. The predicted molar refractivity (Wildman–Crippen MR) is 109 cm³/mol. The van der Waals surface area contributed by atoms with Gasteiger partial charge in [-0.15, -0.1) is 0 Å². The van der Waals surface area contributed by atoms with E-state index in [2.05, 4.69) is 0 Å². The molecule has 0 bridgehead atoms. The number of para-hydroxylation sites is 1. The van der Waals surface area contributed by atoms with Gasteiger partial charge in [0.25, 0.3) is 5.91 Å². The van der Waals surface area contributed by atoms with Crippen LogP contribution in [0.15, 0.2) is 53.4 Å². The highest BCUT2D eigenvalue weighted by Crippen LogP contribution is 2.33. The second-order valence-corrected chi connectivity index (χ2v) is 8.98. The van der Waals surface area contributed by atoms with Gasteiger partial charge in [-0.1, -0.05) is 18.2 Å². The van der Waals surface area contributed by atoms with Gasteiger partial charge in [0.05, 0.1) is 18.1 Å². The number of piperazine rings is 1. The SMILES string of the molecule is O=C(COc1ccccc1)N1CCN(S(=O)(=O)c2ccc3c(c2)OCCCO3)CC1. The van der Waals surface area contributed by atoms with E-state index in [9.17, 15) is 13.2 Å². The maximum Gasteiger partial charge on any atom is 0.260 e. The zero-order chi connectivity index (χ0) is 21.0. The maximum absolute atomic E-state index is 13.0. The minimum absolute atomic E-state index is 0.0705. The fourth-order valence-corrected chi connectivity index (χ4v) is 4.82. The van der Waals surface area contributed by atoms with Gasteiger partial charge in [-0.05, 0) is 24.3 Å². The van der Waals surface area contributed by atoms with Crippen LogP contribution < -0.4 is 14.2 Å². The van der Waals surface area contributed by atoms with Crippen molar-refractivity contribution in [1.82, 2.24) is 9.21 Å². The Morgan fingerprint density at radius 3 is 2.37 bits per heavy atom. The molecule has 1 saturated heterocycles. The van der Waals surface area contributed by atoms with Gasteiger partial charge in [0.1, 0.15) is 5.75 Å². The van der Waals surface area contributed by atoms with Crippen LogP contribution >= 0.6 is 0 Å². The van der Waals surface area contributed by atoms with Gasteiger partial charge in [-0.2, -0.15) is 4.31 Å². The molecule has 1 fully saturated rings. The molecule has 160 valence electrons. The number of nitrogens with zero attached hydrogens (tertiary/aromatic N) is 2. The molecule has 4 rings (SSSR count). The number of carbonyl (C=O) groups excluding carboxylic acids is 1. The first-order valence-corrected chi connectivity index (χ1v) is 11.3. The lowest BCUT2D eigenvalue weighted by Crippen LogP contribution is -2.51. The molecule has 0 spiro atoms. The van der Waals surface area contributed by atoms with Crippen molar-refractivity contribution in [3.05, 3.63) is 48.5 Å². The summed E-state index contributed by atoms with van der Waals surface area (Å²) in [4.78, 5) is 14.2. The molecular weight excluding hydrogens is 408 g/mol. The number of sulfonamides is 1. The predicted octanol–water partition coefficient (Wildman–Crippen LogP) is 1.76. The zero-order valence-electron chi connectivity index (χ0n) is 16.5. The summed E-state index contributed by atoms with van der Waals surface area (Å²) in [6, 6.07) is 13.8. The molecule has 1 amide bonds. The third kappa shape index (κ3) is 4.52. The monoisotopic (exact) mass is 432 g/mol. The van der Waals surface area contributed by atoms with E-state index in [0.717, 1.165) is 6.42 Å². The summed E-state index contributed by atoms with van der Waals surface area (Å²) in [6.45, 7) is 2.06. The fraction of sp³-hybridized carbons (Fsp3) is 0.381. The summed E-state index contributed by atoms with van der Waals surface area (Å²) in [5.74, 6) is 1.47. The van der Waals surface area contributed by atoms with Crippen LogP contribution in [0.2, 0.25) is 0 Å². The highest BCUT2D eigenvalue weighted by molar-refractivity contribution is 7.89. The molecule has 2 aliphatic heterocycles. The maximum atomic E-state index is 13.0. The van der Waals surface area contributed by atoms with Crippen molar-refractivity contribution >= 4 is 15.9 Å². The van der Waals surface area contributed by atoms with Crippen LogP contribution in [-0.4, -0.2) is 69.5 Å². The van der Waals surface area contributed by atoms with Crippen LogP contribution in [-0.2, 0) is 14.8 Å². The van der Waals surface area contributed by atoms with Crippen molar-refractivity contribution < 1.29 is 27.4 Å². The summed E-state index contributed by atoms with van der Waals surface area (Å²) in [6.07, 6.45) is 0.751. The number of carbonyl (C=O) groups is 1. The molecule has 0 unspecified atom stereocenters. The van der Waals surface area contributed by atoms with E-state index in [1.807, 2.05) is 18.2 Å². The van der Waals surface area contributed by atoms with E-state index in [1.165, 1.54) is 16.4 Å². The third-order valence-corrected chi connectivity index (χ3v) is 6.95. The molecule has 0 radical (unpaired) electrons. The van der Waals surface area contributed by atoms with E-state index < -0.39 is 10.0 Å². The minimum Gasteiger partial charge on any atom is -0.490 e. The highest BCUT2D eigenvalue weighted by Gasteiger charge is 2.31. The van der Waals surface area contributed by atoms with E-state index in [-0.39, 0.29) is 30.5 Å². The lowest BCUT2D eigenvalue weighted by atomic mass is 10.3. The molecule has 0 aromatic heterocycles. The van der Waals surface area contributed by atoms with Crippen LogP contribution in [0.25, 0.3) is 0 Å². The van der Waals surface area contributed by atoms with E-state index in [0.29, 0.717) is 43.6 Å². The number of hydrogen-bond donors (Lipinski definition) is 0. The van der Waals surface area contributed by atoms with Crippen molar-refractivity contribution in [2.45, 2.75) is 11.3 Å². The molecule has 2 aromatic carbocycles. The topological polar surface area (TPSA) is 85.4 Å². The molecule has 8 nitrogen and oxygen atoms in total. The summed E-state index contributed by atoms with van der Waals surface area (Å²) < 4.78 is 44.2. The first-order valence-electron chi connectivity index (χ1n) is 9.89. The number of fused-ring (bicyclic) bond motifs is 1. The largest absolute Gasteiger partial charge is 0.490 e. The van der Waals surface area contributed by atoms with Gasteiger partial charge in [0.15, 0.2) is 18.1 Å². The van der Waals surface area contributed by atoms with Crippen molar-refractivity contribution in [3.8, 4) is 17.2 Å². The average molecular weight is 432 g/mol. The first-order chi connectivity index (χ1) is 14.5. The molecular formula is C21H24N2O6S. The van der Waals surface area contributed by atoms with Crippen molar-refractivity contribution in [3.63, 3.8) is 0 Å². The Balaban J connectivity index is 1.36. The van der Waals surface area contributed by atoms with Crippen molar-refractivity contribution in [2.24, 2.45) is 0 Å². The first kappa shape index (κ1) is 20.5. The van der Waals surface area contributed by atoms with E-state index in [4.69, 9.17) is 14.2 Å². The number of rotatable bonds is 5. The Bertz CT molecular complexity index is 988. The van der Waals surface area contributed by atoms with Crippen LogP contribution in [0, 0.1) is 0 Å². The van der Waals surface area contributed by atoms with Crippen molar-refractivity contribution in [1.29, 1.82) is 0 Å². The minimum atomic E-state index is -3.68. The lowest BCUT2D eigenvalue weighted by molar-refractivity contribution is -0.134.